The molecule has 6 rings (SSSR count). The van der Waals surface area contributed by atoms with Gasteiger partial charge in [0.2, 0.25) is 5.91 Å². The molecular weight excluding hydrogens is 557 g/mol. The molecule has 0 aliphatic heterocycles. The lowest BCUT2D eigenvalue weighted by Crippen LogP contribution is -2.34. The van der Waals surface area contributed by atoms with Crippen molar-refractivity contribution in [2.45, 2.75) is 59.0 Å². The first-order valence-electron chi connectivity index (χ1n) is 13.9. The van der Waals surface area contributed by atoms with Crippen molar-refractivity contribution >= 4 is 34.0 Å². The number of hydrogen-bond acceptors (Lipinski definition) is 4. The number of fused-ring (bicyclic) bond motifs is 3. The zero-order chi connectivity index (χ0) is 30.2. The molecule has 0 spiro atoms. The van der Waals surface area contributed by atoms with Crippen LogP contribution >= 0.6 is 11.6 Å². The molecule has 42 heavy (non-hydrogen) atoms. The van der Waals surface area contributed by atoms with Gasteiger partial charge in [0.05, 0.1) is 22.2 Å². The Kier molecular flexibility index (Phi) is 6.55. The second-order valence-corrected chi connectivity index (χ2v) is 12.4. The summed E-state index contributed by atoms with van der Waals surface area (Å²) >= 11 is 6.92. The molecule has 7 nitrogen and oxygen atoms in total. The first-order valence-corrected chi connectivity index (χ1v) is 14.3. The summed E-state index contributed by atoms with van der Waals surface area (Å²) in [7, 11) is 0. The molecule has 1 amide bonds. The summed E-state index contributed by atoms with van der Waals surface area (Å²) in [5, 5.41) is 11.1. The van der Waals surface area contributed by atoms with Crippen molar-refractivity contribution < 1.29 is 14.3 Å². The Morgan fingerprint density at radius 2 is 1.90 bits per heavy atom. The molecule has 2 aliphatic rings. The summed E-state index contributed by atoms with van der Waals surface area (Å²) in [5.41, 5.74) is 10.6. The quantitative estimate of drug-likeness (QED) is 0.282. The zero-order valence-corrected chi connectivity index (χ0v) is 24.6. The van der Waals surface area contributed by atoms with Crippen molar-refractivity contribution in [2.24, 2.45) is 11.7 Å². The lowest BCUT2D eigenvalue weighted by Gasteiger charge is -2.33. The number of nitrogens with two attached hydrogens (primary N) is 1. The molecule has 2 aliphatic carbocycles. The number of aromatic nitrogens is 2. The van der Waals surface area contributed by atoms with Crippen molar-refractivity contribution in [1.29, 1.82) is 0 Å². The largest absolute Gasteiger partial charge is 0.390 e. The fourth-order valence-electron chi connectivity index (χ4n) is 6.77. The average molecular weight is 588 g/mol. The van der Waals surface area contributed by atoms with Gasteiger partial charge in [0.15, 0.2) is 0 Å². The number of allylic oxidation sites excluding steroid dienone is 2. The summed E-state index contributed by atoms with van der Waals surface area (Å²) in [6, 6.07) is 9.69. The third-order valence-corrected chi connectivity index (χ3v) is 9.22. The highest BCUT2D eigenvalue weighted by Crippen LogP contribution is 2.52. The van der Waals surface area contributed by atoms with Crippen LogP contribution < -0.4 is 17.0 Å². The second kappa shape index (κ2) is 9.78. The topological polar surface area (TPSA) is 118 Å². The zero-order valence-electron chi connectivity index (χ0n) is 23.8. The monoisotopic (exact) mass is 587 g/mol. The van der Waals surface area contributed by atoms with Crippen LogP contribution in [0.25, 0.3) is 33.3 Å². The van der Waals surface area contributed by atoms with Crippen LogP contribution in [0.2, 0.25) is 5.02 Å². The summed E-state index contributed by atoms with van der Waals surface area (Å²) in [4.78, 5) is 41.9. The van der Waals surface area contributed by atoms with Crippen LogP contribution in [0, 0.1) is 25.6 Å². The number of carbonyl (C=O) groups excluding carboxylic acids is 1. The number of hydrogen-bond donors (Lipinski definition) is 3. The molecule has 1 atom stereocenters. The molecule has 0 fully saturated rings. The number of H-pyrrole nitrogens is 1. The Bertz CT molecular complexity index is 2000. The van der Waals surface area contributed by atoms with Gasteiger partial charge in [-0.1, -0.05) is 29.3 Å². The van der Waals surface area contributed by atoms with Gasteiger partial charge in [0, 0.05) is 16.1 Å². The highest BCUT2D eigenvalue weighted by atomic mass is 35.5. The van der Waals surface area contributed by atoms with Crippen LogP contribution in [0.5, 0.6) is 0 Å². The summed E-state index contributed by atoms with van der Waals surface area (Å²) in [6.07, 6.45) is 2.71. The number of primary amides is 1. The molecule has 0 saturated carbocycles. The third kappa shape index (κ3) is 4.32. The minimum absolute atomic E-state index is 0.0694. The smallest absolute Gasteiger partial charge is 0.333 e. The minimum atomic E-state index is -0.840. The highest BCUT2D eigenvalue weighted by molar-refractivity contribution is 6.34. The van der Waals surface area contributed by atoms with E-state index in [1.807, 2.05) is 19.9 Å². The van der Waals surface area contributed by atoms with Crippen molar-refractivity contribution in [3.63, 3.8) is 0 Å². The number of benzene rings is 3. The van der Waals surface area contributed by atoms with Crippen LogP contribution in [-0.4, -0.2) is 26.2 Å². The molecule has 0 radical (unpaired) electrons. The number of nitrogens with one attached hydrogen (secondary N) is 1. The van der Waals surface area contributed by atoms with Crippen molar-refractivity contribution in [1.82, 2.24) is 9.55 Å². The summed E-state index contributed by atoms with van der Waals surface area (Å²) in [5.74, 6) is -1.16. The molecule has 4 aromatic rings. The summed E-state index contributed by atoms with van der Waals surface area (Å²) < 4.78 is 15.6. The van der Waals surface area contributed by atoms with Crippen LogP contribution in [0.4, 0.5) is 4.39 Å². The lowest BCUT2D eigenvalue weighted by atomic mass is 9.75. The van der Waals surface area contributed by atoms with Gasteiger partial charge in [-0.3, -0.25) is 9.59 Å². The summed E-state index contributed by atoms with van der Waals surface area (Å²) in [6.45, 7) is 7.13. The first-order chi connectivity index (χ1) is 19.8. The molecule has 4 N–H and O–H groups in total. The molecular formula is C33H31ClFN3O4. The van der Waals surface area contributed by atoms with Crippen molar-refractivity contribution in [3.05, 3.63) is 101 Å². The third-order valence-electron chi connectivity index (χ3n) is 8.92. The number of rotatable bonds is 4. The van der Waals surface area contributed by atoms with Crippen molar-refractivity contribution in [3.8, 4) is 16.8 Å². The van der Waals surface area contributed by atoms with E-state index in [-0.39, 0.29) is 16.8 Å². The Hall–Kier alpha value is -4.01. The highest BCUT2D eigenvalue weighted by Gasteiger charge is 2.38. The van der Waals surface area contributed by atoms with Gasteiger partial charge in [0.25, 0.3) is 5.56 Å². The van der Waals surface area contributed by atoms with E-state index >= 15 is 0 Å². The number of nitrogens with zero attached hydrogens (tertiary/aromatic N) is 1. The fraction of sp³-hybridized carbons (Fsp3) is 0.303. The molecule has 0 bridgehead atoms. The number of amides is 1. The van der Waals surface area contributed by atoms with E-state index < -0.39 is 28.6 Å². The molecule has 9 heteroatoms. The normalized spacial score (nSPS) is 16.6. The second-order valence-electron chi connectivity index (χ2n) is 12.0. The number of halogens is 2. The van der Waals surface area contributed by atoms with Gasteiger partial charge >= 0.3 is 5.69 Å². The van der Waals surface area contributed by atoms with Gasteiger partial charge < -0.3 is 15.8 Å². The van der Waals surface area contributed by atoms with Crippen LogP contribution in [-0.2, 0) is 6.42 Å². The predicted octanol–water partition coefficient (Wildman–Crippen LogP) is 5.73. The molecule has 3 aromatic carbocycles. The average Bonchev–Trinajstić information content (AvgIpc) is 3.28. The van der Waals surface area contributed by atoms with E-state index in [2.05, 4.69) is 4.98 Å². The van der Waals surface area contributed by atoms with E-state index in [1.165, 1.54) is 6.07 Å². The van der Waals surface area contributed by atoms with Crippen LogP contribution in [0.15, 0.2) is 51.6 Å². The number of aryl methyl sites for hydroxylation is 1. The Balaban J connectivity index is 1.59. The van der Waals surface area contributed by atoms with Gasteiger partial charge in [-0.05, 0) is 117 Å². The Labute approximate surface area is 246 Å². The van der Waals surface area contributed by atoms with Crippen molar-refractivity contribution in [2.75, 3.05) is 0 Å². The maximum absolute atomic E-state index is 14.6. The Morgan fingerprint density at radius 1 is 1.17 bits per heavy atom. The van der Waals surface area contributed by atoms with Gasteiger partial charge in [-0.25, -0.2) is 13.8 Å². The van der Waals surface area contributed by atoms with Gasteiger partial charge in [-0.15, -0.1) is 0 Å². The van der Waals surface area contributed by atoms with E-state index in [0.29, 0.717) is 57.8 Å². The number of aromatic amines is 1. The van der Waals surface area contributed by atoms with E-state index in [0.717, 1.165) is 33.3 Å². The maximum atomic E-state index is 14.6. The fourth-order valence-corrected chi connectivity index (χ4v) is 7.08. The SMILES string of the molecule is Cc1cc(F)c2[nH]c(=O)n(-c3cccc(-c4c(Cl)cc(C(N)=O)c5c4C4=C(C5)C[C@@H](C(C)(C)O)CC4)c3C)c(=O)c2c1. The molecule has 1 aromatic heterocycles. The Morgan fingerprint density at radius 3 is 2.60 bits per heavy atom. The predicted molar refractivity (Wildman–Crippen MR) is 163 cm³/mol. The molecule has 216 valence electrons. The van der Waals surface area contributed by atoms with E-state index in [4.69, 9.17) is 17.3 Å². The number of carbonyl (C=O) groups is 1. The molecule has 0 saturated heterocycles. The standard InChI is InChI=1S/C33H31ClFN3O4/c1-15-10-23-29(25(35)11-15)37-32(41)38(31(23)40)26-7-5-6-19(16(26)2)28-24(34)14-22(30(36)39)21-13-17-12-18(33(3,4)42)8-9-20(17)27(21)28/h5-7,10-11,14,18,42H,8-9,12-13H2,1-4H3,(H2,36,39)(H,37,41)/t18-/m0/s1. The van der Waals surface area contributed by atoms with Crippen LogP contribution in [0.1, 0.15) is 65.7 Å². The molecule has 1 heterocycles. The maximum Gasteiger partial charge on any atom is 0.333 e. The molecule has 0 unspecified atom stereocenters. The van der Waals surface area contributed by atoms with Gasteiger partial charge in [-0.2, -0.15) is 0 Å². The number of aliphatic hydroxyl groups is 1. The van der Waals surface area contributed by atoms with Gasteiger partial charge in [0.1, 0.15) is 5.82 Å². The first kappa shape index (κ1) is 28.1. The lowest BCUT2D eigenvalue weighted by molar-refractivity contribution is 0.0123. The van der Waals surface area contributed by atoms with E-state index in [9.17, 15) is 23.9 Å². The minimum Gasteiger partial charge on any atom is -0.390 e. The van der Waals surface area contributed by atoms with E-state index in [1.54, 1.807) is 38.1 Å². The van der Waals surface area contributed by atoms with Crippen LogP contribution in [0.3, 0.4) is 0 Å².